The smallest absolute Gasteiger partial charge is 0.235 e. The Labute approximate surface area is 209 Å². The Morgan fingerprint density at radius 2 is 1.83 bits per heavy atom. The Hall–Kier alpha value is -3.17. The van der Waals surface area contributed by atoms with Gasteiger partial charge in [0, 0.05) is 39.3 Å². The van der Waals surface area contributed by atoms with Gasteiger partial charge < -0.3 is 9.64 Å². The van der Waals surface area contributed by atoms with E-state index in [0.29, 0.717) is 36.4 Å². The third-order valence-electron chi connectivity index (χ3n) is 5.85. The first-order valence-electron chi connectivity index (χ1n) is 11.7. The first-order chi connectivity index (χ1) is 17.0. The highest BCUT2D eigenvalue weighted by atomic mass is 32.2. The lowest BCUT2D eigenvalue weighted by Crippen LogP contribution is -2.50. The van der Waals surface area contributed by atoms with Crippen molar-refractivity contribution in [1.29, 1.82) is 0 Å². The molecule has 1 aliphatic rings. The van der Waals surface area contributed by atoms with Crippen LogP contribution in [0.5, 0.6) is 5.75 Å². The van der Waals surface area contributed by atoms with E-state index in [4.69, 9.17) is 4.74 Å². The quantitative estimate of drug-likeness (QED) is 0.313. The number of carbonyl (C=O) groups excluding carboxylic acids is 1. The molecule has 0 bridgehead atoms. The van der Waals surface area contributed by atoms with Crippen molar-refractivity contribution in [3.05, 3.63) is 84.5 Å². The maximum absolute atomic E-state index is 13.1. The molecule has 0 saturated carbocycles. The van der Waals surface area contributed by atoms with Crippen molar-refractivity contribution < 1.29 is 13.9 Å². The summed E-state index contributed by atoms with van der Waals surface area (Å²) in [6.45, 7) is 10.5. The fourth-order valence-electron chi connectivity index (χ4n) is 3.94. The number of hydrogen-bond donors (Lipinski definition) is 0. The van der Waals surface area contributed by atoms with E-state index in [1.807, 2.05) is 22.5 Å². The summed E-state index contributed by atoms with van der Waals surface area (Å²) < 4.78 is 20.7. The van der Waals surface area contributed by atoms with E-state index < -0.39 is 0 Å². The van der Waals surface area contributed by atoms with Gasteiger partial charge >= 0.3 is 0 Å². The fraction of sp³-hybridized carbons (Fsp3) is 0.346. The molecular formula is C26H30FN5O2S. The van der Waals surface area contributed by atoms with E-state index in [0.717, 1.165) is 19.6 Å². The number of thioether (sulfide) groups is 1. The summed E-state index contributed by atoms with van der Waals surface area (Å²) in [7, 11) is 0. The first kappa shape index (κ1) is 24.9. The molecule has 1 amide bonds. The van der Waals surface area contributed by atoms with Gasteiger partial charge in [-0.15, -0.1) is 16.8 Å². The number of amides is 1. The van der Waals surface area contributed by atoms with Crippen LogP contribution in [0.2, 0.25) is 0 Å². The van der Waals surface area contributed by atoms with Crippen molar-refractivity contribution >= 4 is 17.7 Å². The van der Waals surface area contributed by atoms with Crippen molar-refractivity contribution in [1.82, 2.24) is 24.6 Å². The van der Waals surface area contributed by atoms with Crippen LogP contribution in [0.15, 0.2) is 72.4 Å². The van der Waals surface area contributed by atoms with Crippen LogP contribution in [0.1, 0.15) is 18.3 Å². The number of aromatic nitrogens is 3. The number of carbonyl (C=O) groups is 1. The monoisotopic (exact) mass is 495 g/mol. The molecule has 1 fully saturated rings. The van der Waals surface area contributed by atoms with Gasteiger partial charge in [-0.05, 0) is 36.8 Å². The maximum Gasteiger partial charge on any atom is 0.235 e. The van der Waals surface area contributed by atoms with Gasteiger partial charge in [0.2, 0.25) is 5.91 Å². The minimum atomic E-state index is -0.317. The molecule has 0 aliphatic carbocycles. The van der Waals surface area contributed by atoms with E-state index in [9.17, 15) is 9.18 Å². The van der Waals surface area contributed by atoms with E-state index >= 15 is 0 Å². The zero-order chi connectivity index (χ0) is 24.6. The van der Waals surface area contributed by atoms with Crippen LogP contribution in [0.4, 0.5) is 4.39 Å². The highest BCUT2D eigenvalue weighted by Gasteiger charge is 2.27. The predicted molar refractivity (Wildman–Crippen MR) is 135 cm³/mol. The number of piperazine rings is 1. The lowest BCUT2D eigenvalue weighted by molar-refractivity contribution is -0.132. The lowest BCUT2D eigenvalue weighted by Gasteiger charge is -2.35. The molecule has 1 aliphatic heterocycles. The molecule has 35 heavy (non-hydrogen) atoms. The number of benzene rings is 2. The van der Waals surface area contributed by atoms with Gasteiger partial charge in [0.15, 0.2) is 11.0 Å². The fourth-order valence-corrected chi connectivity index (χ4v) is 4.90. The molecule has 0 radical (unpaired) electrons. The van der Waals surface area contributed by atoms with Gasteiger partial charge in [0.05, 0.1) is 5.25 Å². The Kier molecular flexibility index (Phi) is 8.54. The number of halogens is 1. The average molecular weight is 496 g/mol. The highest BCUT2D eigenvalue weighted by molar-refractivity contribution is 8.00. The van der Waals surface area contributed by atoms with E-state index in [2.05, 4.69) is 45.9 Å². The first-order valence-corrected chi connectivity index (χ1v) is 12.5. The summed E-state index contributed by atoms with van der Waals surface area (Å²) in [4.78, 5) is 17.5. The molecule has 1 aromatic heterocycles. The SMILES string of the molecule is C=CCn1c(COc2ccc(F)cc2)nnc1S[C@H](C)C(=O)N1CCN(Cc2ccccc2)CC1. The second-order valence-corrected chi connectivity index (χ2v) is 9.70. The van der Waals surface area contributed by atoms with E-state index in [-0.39, 0.29) is 23.6 Å². The molecular weight excluding hydrogens is 465 g/mol. The molecule has 1 atom stereocenters. The molecule has 1 saturated heterocycles. The van der Waals surface area contributed by atoms with Gasteiger partial charge in [0.25, 0.3) is 0 Å². The Bertz CT molecular complexity index is 1110. The number of ether oxygens (including phenoxy) is 1. The molecule has 9 heteroatoms. The normalized spacial score (nSPS) is 15.1. The zero-order valence-electron chi connectivity index (χ0n) is 19.8. The molecule has 2 heterocycles. The standard InChI is InChI=1S/C26H30FN5O2S/c1-3-13-32-24(19-34-23-11-9-22(27)10-12-23)28-29-26(32)35-20(2)25(33)31-16-14-30(15-17-31)18-21-7-5-4-6-8-21/h3-12,20H,1,13-19H2,2H3/t20-/m1/s1. The average Bonchev–Trinajstić information content (AvgIpc) is 3.25. The largest absolute Gasteiger partial charge is 0.486 e. The van der Waals surface area contributed by atoms with Crippen LogP contribution >= 0.6 is 11.8 Å². The summed E-state index contributed by atoms with van der Waals surface area (Å²) in [5, 5.41) is 8.90. The summed E-state index contributed by atoms with van der Waals surface area (Å²) in [5.41, 5.74) is 1.29. The molecule has 0 N–H and O–H groups in total. The maximum atomic E-state index is 13.1. The molecule has 7 nitrogen and oxygen atoms in total. The van der Waals surface area contributed by atoms with Gasteiger partial charge in [0.1, 0.15) is 18.2 Å². The zero-order valence-corrected chi connectivity index (χ0v) is 20.7. The van der Waals surface area contributed by atoms with Crippen LogP contribution in [0, 0.1) is 5.82 Å². The van der Waals surface area contributed by atoms with Gasteiger partial charge in [-0.2, -0.15) is 0 Å². The van der Waals surface area contributed by atoms with Crippen LogP contribution in [0.3, 0.4) is 0 Å². The predicted octanol–water partition coefficient (Wildman–Crippen LogP) is 4.01. The van der Waals surface area contributed by atoms with Crippen molar-refractivity contribution in [2.45, 2.75) is 37.0 Å². The number of hydrogen-bond acceptors (Lipinski definition) is 6. The highest BCUT2D eigenvalue weighted by Crippen LogP contribution is 2.25. The third-order valence-corrected chi connectivity index (χ3v) is 6.92. The van der Waals surface area contributed by atoms with Crippen molar-refractivity contribution in [2.75, 3.05) is 26.2 Å². The minimum absolute atomic E-state index is 0.103. The molecule has 0 unspecified atom stereocenters. The molecule has 184 valence electrons. The second-order valence-electron chi connectivity index (χ2n) is 8.39. The summed E-state index contributed by atoms with van der Waals surface area (Å²) in [6.07, 6.45) is 1.76. The number of rotatable bonds is 10. The van der Waals surface area contributed by atoms with Crippen LogP contribution < -0.4 is 4.74 Å². The second kappa shape index (κ2) is 12.0. The van der Waals surface area contributed by atoms with E-state index in [1.165, 1.54) is 29.5 Å². The summed E-state index contributed by atoms with van der Waals surface area (Å²) in [5.74, 6) is 0.948. The van der Waals surface area contributed by atoms with Crippen LogP contribution in [0.25, 0.3) is 0 Å². The van der Waals surface area contributed by atoms with Crippen molar-refractivity contribution in [3.63, 3.8) is 0 Å². The van der Waals surface area contributed by atoms with Crippen molar-refractivity contribution in [2.24, 2.45) is 0 Å². The lowest BCUT2D eigenvalue weighted by atomic mass is 10.2. The molecule has 4 rings (SSSR count). The summed E-state index contributed by atoms with van der Waals surface area (Å²) in [6, 6.07) is 16.2. The topological polar surface area (TPSA) is 63.5 Å². The van der Waals surface area contributed by atoms with Crippen molar-refractivity contribution in [3.8, 4) is 5.75 Å². The Morgan fingerprint density at radius 3 is 2.51 bits per heavy atom. The molecule has 3 aromatic rings. The summed E-state index contributed by atoms with van der Waals surface area (Å²) >= 11 is 1.39. The Balaban J connectivity index is 1.32. The number of nitrogens with zero attached hydrogens (tertiary/aromatic N) is 5. The number of allylic oxidation sites excluding steroid dienone is 1. The van der Waals surface area contributed by atoms with Crippen LogP contribution in [-0.2, 0) is 24.5 Å². The van der Waals surface area contributed by atoms with Gasteiger partial charge in [-0.1, -0.05) is 48.2 Å². The Morgan fingerprint density at radius 1 is 1.11 bits per heavy atom. The van der Waals surface area contributed by atoms with Gasteiger partial charge in [-0.25, -0.2) is 4.39 Å². The van der Waals surface area contributed by atoms with E-state index in [1.54, 1.807) is 18.2 Å². The third kappa shape index (κ3) is 6.70. The van der Waals surface area contributed by atoms with Gasteiger partial charge in [-0.3, -0.25) is 14.3 Å². The molecule has 0 spiro atoms. The molecule has 2 aromatic carbocycles. The minimum Gasteiger partial charge on any atom is -0.486 e. The van der Waals surface area contributed by atoms with Crippen LogP contribution in [-0.4, -0.2) is 61.9 Å².